The average molecular weight is 221 g/mol. The fourth-order valence-electron chi connectivity index (χ4n) is 1.69. The third kappa shape index (κ3) is 5.21. The molecular formula is C12H25ClO. The van der Waals surface area contributed by atoms with Crippen LogP contribution in [0.2, 0.25) is 0 Å². The highest BCUT2D eigenvalue weighted by Crippen LogP contribution is 2.34. The van der Waals surface area contributed by atoms with Crippen LogP contribution in [-0.4, -0.2) is 19.1 Å². The van der Waals surface area contributed by atoms with Crippen molar-refractivity contribution in [3.63, 3.8) is 0 Å². The first-order valence-electron chi connectivity index (χ1n) is 5.88. The highest BCUT2D eigenvalue weighted by atomic mass is 35.5. The van der Waals surface area contributed by atoms with E-state index in [-0.39, 0.29) is 0 Å². The molecule has 0 heterocycles. The van der Waals surface area contributed by atoms with Crippen molar-refractivity contribution in [2.24, 2.45) is 5.41 Å². The first-order valence-corrected chi connectivity index (χ1v) is 6.41. The molecule has 86 valence electrons. The first kappa shape index (κ1) is 14.2. The van der Waals surface area contributed by atoms with E-state index in [1.165, 1.54) is 25.7 Å². The van der Waals surface area contributed by atoms with Crippen LogP contribution in [-0.2, 0) is 4.74 Å². The van der Waals surface area contributed by atoms with E-state index in [2.05, 4.69) is 13.8 Å². The van der Waals surface area contributed by atoms with Crippen LogP contribution < -0.4 is 0 Å². The summed E-state index contributed by atoms with van der Waals surface area (Å²) in [4.78, 5) is 0. The minimum atomic E-state index is 0.326. The maximum Gasteiger partial charge on any atom is 0.0471 e. The Morgan fingerprint density at radius 3 is 2.29 bits per heavy atom. The summed E-state index contributed by atoms with van der Waals surface area (Å²) < 4.78 is 5.41. The molecule has 1 unspecified atom stereocenters. The molecule has 0 radical (unpaired) electrons. The SMILES string of the molecule is CCCCC(CC)(CCl)CCOCC. The Labute approximate surface area is 94.2 Å². The predicted octanol–water partition coefficient (Wildman–Crippen LogP) is 4.24. The molecule has 0 amide bonds. The van der Waals surface area contributed by atoms with Crippen molar-refractivity contribution >= 4 is 11.6 Å². The summed E-state index contributed by atoms with van der Waals surface area (Å²) in [7, 11) is 0. The molecule has 0 aromatic carbocycles. The highest BCUT2D eigenvalue weighted by molar-refractivity contribution is 6.18. The smallest absolute Gasteiger partial charge is 0.0471 e. The van der Waals surface area contributed by atoms with E-state index in [1.54, 1.807) is 0 Å². The lowest BCUT2D eigenvalue weighted by molar-refractivity contribution is 0.103. The zero-order chi connectivity index (χ0) is 10.9. The maximum absolute atomic E-state index is 6.08. The molecule has 0 aliphatic rings. The van der Waals surface area contributed by atoms with Gasteiger partial charge in [0, 0.05) is 19.1 Å². The van der Waals surface area contributed by atoms with Crippen LogP contribution in [0.5, 0.6) is 0 Å². The van der Waals surface area contributed by atoms with Gasteiger partial charge >= 0.3 is 0 Å². The van der Waals surface area contributed by atoms with E-state index < -0.39 is 0 Å². The van der Waals surface area contributed by atoms with E-state index in [1.807, 2.05) is 6.92 Å². The molecule has 0 spiro atoms. The van der Waals surface area contributed by atoms with Crippen LogP contribution in [0.25, 0.3) is 0 Å². The quantitative estimate of drug-likeness (QED) is 0.417. The van der Waals surface area contributed by atoms with Crippen LogP contribution in [0, 0.1) is 5.41 Å². The topological polar surface area (TPSA) is 9.23 Å². The normalized spacial score (nSPS) is 15.4. The standard InChI is InChI=1S/C12H25ClO/c1-4-7-8-12(5-2,11-13)9-10-14-6-3/h4-11H2,1-3H3. The van der Waals surface area contributed by atoms with E-state index in [4.69, 9.17) is 16.3 Å². The van der Waals surface area contributed by atoms with Crippen molar-refractivity contribution in [3.8, 4) is 0 Å². The lowest BCUT2D eigenvalue weighted by Crippen LogP contribution is -2.24. The molecular weight excluding hydrogens is 196 g/mol. The second-order valence-corrected chi connectivity index (χ2v) is 4.30. The van der Waals surface area contributed by atoms with Gasteiger partial charge in [0.1, 0.15) is 0 Å². The molecule has 0 N–H and O–H groups in total. The Balaban J connectivity index is 3.94. The van der Waals surface area contributed by atoms with E-state index in [0.29, 0.717) is 5.41 Å². The highest BCUT2D eigenvalue weighted by Gasteiger charge is 2.25. The zero-order valence-corrected chi connectivity index (χ0v) is 10.7. The third-order valence-corrected chi connectivity index (χ3v) is 3.64. The van der Waals surface area contributed by atoms with Crippen molar-refractivity contribution in [2.45, 2.75) is 52.9 Å². The summed E-state index contributed by atoms with van der Waals surface area (Å²) in [6.45, 7) is 8.19. The minimum absolute atomic E-state index is 0.326. The summed E-state index contributed by atoms with van der Waals surface area (Å²) in [5, 5.41) is 0. The summed E-state index contributed by atoms with van der Waals surface area (Å²) in [6.07, 6.45) is 6.07. The molecule has 0 aliphatic carbocycles. The van der Waals surface area contributed by atoms with Crippen molar-refractivity contribution in [1.82, 2.24) is 0 Å². The second kappa shape index (κ2) is 8.55. The van der Waals surface area contributed by atoms with Gasteiger partial charge in [-0.1, -0.05) is 26.7 Å². The number of hydrogen-bond acceptors (Lipinski definition) is 1. The molecule has 14 heavy (non-hydrogen) atoms. The number of hydrogen-bond donors (Lipinski definition) is 0. The van der Waals surface area contributed by atoms with Gasteiger partial charge in [-0.2, -0.15) is 0 Å². The Hall–Kier alpha value is 0.250. The zero-order valence-electron chi connectivity index (χ0n) is 9.94. The fraction of sp³-hybridized carbons (Fsp3) is 1.00. The van der Waals surface area contributed by atoms with E-state index in [0.717, 1.165) is 25.5 Å². The molecule has 0 saturated heterocycles. The van der Waals surface area contributed by atoms with Gasteiger partial charge < -0.3 is 4.74 Å². The number of alkyl halides is 1. The molecule has 0 fully saturated rings. The van der Waals surface area contributed by atoms with Crippen LogP contribution in [0.15, 0.2) is 0 Å². The summed E-state index contributed by atoms with van der Waals surface area (Å²) in [5.41, 5.74) is 0.326. The molecule has 0 aliphatic heterocycles. The van der Waals surface area contributed by atoms with Gasteiger partial charge in [-0.3, -0.25) is 0 Å². The van der Waals surface area contributed by atoms with Crippen molar-refractivity contribution in [1.29, 1.82) is 0 Å². The molecule has 2 heteroatoms. The van der Waals surface area contributed by atoms with Gasteiger partial charge in [0.2, 0.25) is 0 Å². The van der Waals surface area contributed by atoms with Gasteiger partial charge in [-0.05, 0) is 31.6 Å². The first-order chi connectivity index (χ1) is 6.74. The van der Waals surface area contributed by atoms with Gasteiger partial charge in [-0.25, -0.2) is 0 Å². The Morgan fingerprint density at radius 1 is 1.14 bits per heavy atom. The maximum atomic E-state index is 6.08. The summed E-state index contributed by atoms with van der Waals surface area (Å²) in [5.74, 6) is 0.774. The number of halogens is 1. The fourth-order valence-corrected chi connectivity index (χ4v) is 2.15. The lowest BCUT2D eigenvalue weighted by Gasteiger charge is -2.30. The number of unbranched alkanes of at least 4 members (excludes halogenated alkanes) is 1. The van der Waals surface area contributed by atoms with Crippen molar-refractivity contribution < 1.29 is 4.74 Å². The van der Waals surface area contributed by atoms with Crippen LogP contribution in [0.1, 0.15) is 52.9 Å². The van der Waals surface area contributed by atoms with Gasteiger partial charge in [0.15, 0.2) is 0 Å². The minimum Gasteiger partial charge on any atom is -0.382 e. The van der Waals surface area contributed by atoms with Gasteiger partial charge in [-0.15, -0.1) is 11.6 Å². The predicted molar refractivity (Wildman–Crippen MR) is 64.1 cm³/mol. The third-order valence-electron chi connectivity index (χ3n) is 3.07. The van der Waals surface area contributed by atoms with Crippen molar-refractivity contribution in [2.75, 3.05) is 19.1 Å². The molecule has 0 bridgehead atoms. The summed E-state index contributed by atoms with van der Waals surface area (Å²) >= 11 is 6.08. The Kier molecular flexibility index (Phi) is 8.70. The lowest BCUT2D eigenvalue weighted by atomic mass is 9.79. The van der Waals surface area contributed by atoms with Crippen LogP contribution in [0.4, 0.5) is 0 Å². The Bertz CT molecular complexity index is 121. The molecule has 1 nitrogen and oxygen atoms in total. The molecule has 1 atom stereocenters. The molecule has 0 saturated carbocycles. The molecule has 0 rings (SSSR count). The number of rotatable bonds is 9. The van der Waals surface area contributed by atoms with Crippen LogP contribution in [0.3, 0.4) is 0 Å². The number of ether oxygens (including phenoxy) is 1. The van der Waals surface area contributed by atoms with Crippen molar-refractivity contribution in [3.05, 3.63) is 0 Å². The second-order valence-electron chi connectivity index (χ2n) is 4.04. The molecule has 0 aromatic rings. The van der Waals surface area contributed by atoms with Crippen LogP contribution >= 0.6 is 11.6 Å². The van der Waals surface area contributed by atoms with E-state index in [9.17, 15) is 0 Å². The van der Waals surface area contributed by atoms with E-state index >= 15 is 0 Å². The summed E-state index contributed by atoms with van der Waals surface area (Å²) in [6, 6.07) is 0. The largest absolute Gasteiger partial charge is 0.382 e. The Morgan fingerprint density at radius 2 is 1.86 bits per heavy atom. The van der Waals surface area contributed by atoms with Gasteiger partial charge in [0.25, 0.3) is 0 Å². The van der Waals surface area contributed by atoms with Gasteiger partial charge in [0.05, 0.1) is 0 Å². The monoisotopic (exact) mass is 220 g/mol. The molecule has 0 aromatic heterocycles. The average Bonchev–Trinajstić information content (AvgIpc) is 2.24.